The first-order chi connectivity index (χ1) is 13.0. The van der Waals surface area contributed by atoms with Crippen molar-refractivity contribution >= 4 is 35.2 Å². The lowest BCUT2D eigenvalue weighted by Crippen LogP contribution is -2.47. The number of amides is 2. The van der Waals surface area contributed by atoms with Crippen LogP contribution in [-0.4, -0.2) is 36.4 Å². The van der Waals surface area contributed by atoms with Gasteiger partial charge in [0.1, 0.15) is 11.9 Å². The molecule has 2 amide bonds. The van der Waals surface area contributed by atoms with Gasteiger partial charge < -0.3 is 10.6 Å². The highest BCUT2D eigenvalue weighted by Gasteiger charge is 2.21. The van der Waals surface area contributed by atoms with Crippen molar-refractivity contribution < 1.29 is 14.0 Å². The van der Waals surface area contributed by atoms with Crippen LogP contribution in [0.25, 0.3) is 0 Å². The Morgan fingerprint density at radius 1 is 1.15 bits per heavy atom. The molecule has 7 heteroatoms. The van der Waals surface area contributed by atoms with Crippen LogP contribution in [0.1, 0.15) is 22.3 Å². The number of benzene rings is 2. The fraction of sp³-hybridized carbons (Fsp3) is 0.300. The van der Waals surface area contributed by atoms with Gasteiger partial charge >= 0.3 is 0 Å². The largest absolute Gasteiger partial charge is 0.354 e. The van der Waals surface area contributed by atoms with Crippen LogP contribution in [0.5, 0.6) is 0 Å². The van der Waals surface area contributed by atoms with Gasteiger partial charge in [0.25, 0.3) is 5.91 Å². The zero-order valence-electron chi connectivity index (χ0n) is 15.0. The minimum atomic E-state index is -0.644. The van der Waals surface area contributed by atoms with Crippen LogP contribution in [0, 0.1) is 5.82 Å². The summed E-state index contributed by atoms with van der Waals surface area (Å²) in [5.74, 6) is -0.173. The summed E-state index contributed by atoms with van der Waals surface area (Å²) in [5.41, 5.74) is 1.27. The van der Waals surface area contributed by atoms with Gasteiger partial charge in [-0.15, -0.1) is 0 Å². The number of rotatable bonds is 9. The molecule has 0 saturated carbocycles. The van der Waals surface area contributed by atoms with E-state index in [1.54, 1.807) is 48.2 Å². The highest BCUT2D eigenvalue weighted by atomic mass is 35.5. The Morgan fingerprint density at radius 3 is 2.52 bits per heavy atom. The predicted molar refractivity (Wildman–Crippen MR) is 109 cm³/mol. The van der Waals surface area contributed by atoms with Crippen LogP contribution in [0.15, 0.2) is 48.5 Å². The number of halogens is 2. The van der Waals surface area contributed by atoms with Crippen molar-refractivity contribution in [2.45, 2.75) is 18.9 Å². The van der Waals surface area contributed by atoms with Gasteiger partial charge in [-0.25, -0.2) is 4.39 Å². The second-order valence-corrected chi connectivity index (χ2v) is 7.35. The van der Waals surface area contributed by atoms with E-state index in [0.717, 1.165) is 11.3 Å². The number of nitrogens with one attached hydrogen (secondary N) is 2. The third kappa shape index (κ3) is 6.88. The summed E-state index contributed by atoms with van der Waals surface area (Å²) in [5, 5.41) is 5.95. The first-order valence-corrected chi connectivity index (χ1v) is 10.3. The summed E-state index contributed by atoms with van der Waals surface area (Å²) in [6.07, 6.45) is 3.04. The molecule has 0 fully saturated rings. The molecule has 2 N–H and O–H groups in total. The molecule has 0 aliphatic heterocycles. The fourth-order valence-corrected chi connectivity index (χ4v) is 3.18. The number of carbonyl (C=O) groups is 2. The molecule has 2 rings (SSSR count). The van der Waals surface area contributed by atoms with E-state index in [1.165, 1.54) is 12.1 Å². The van der Waals surface area contributed by atoms with Crippen LogP contribution < -0.4 is 10.6 Å². The lowest BCUT2D eigenvalue weighted by Gasteiger charge is -2.18. The van der Waals surface area contributed by atoms with Gasteiger partial charge in [0.15, 0.2) is 0 Å². The molecule has 4 nitrogen and oxygen atoms in total. The molecule has 2 aromatic rings. The average Bonchev–Trinajstić information content (AvgIpc) is 2.66. The van der Waals surface area contributed by atoms with E-state index in [4.69, 9.17) is 11.6 Å². The lowest BCUT2D eigenvalue weighted by molar-refractivity contribution is -0.122. The highest BCUT2D eigenvalue weighted by molar-refractivity contribution is 7.98. The third-order valence-electron chi connectivity index (χ3n) is 3.98. The molecule has 27 heavy (non-hydrogen) atoms. The number of hydrogen-bond donors (Lipinski definition) is 2. The third-order valence-corrected chi connectivity index (χ3v) is 4.95. The standard InChI is InChI=1S/C20H22ClFN2O2S/c1-27-13-11-18(24-19(25)16-4-2-3-5-17(16)21)20(26)23-12-10-14-6-8-15(22)9-7-14/h2-9,18H,10-13H2,1H3,(H,23,26)(H,24,25). The molecule has 0 saturated heterocycles. The van der Waals surface area contributed by atoms with E-state index < -0.39 is 6.04 Å². The maximum absolute atomic E-state index is 12.9. The van der Waals surface area contributed by atoms with Crippen LogP contribution in [0.4, 0.5) is 4.39 Å². The summed E-state index contributed by atoms with van der Waals surface area (Å²) in [6.45, 7) is 0.405. The monoisotopic (exact) mass is 408 g/mol. The maximum atomic E-state index is 12.9. The summed E-state index contributed by atoms with van der Waals surface area (Å²) in [6, 6.07) is 12.2. The summed E-state index contributed by atoms with van der Waals surface area (Å²) in [4.78, 5) is 25.0. The van der Waals surface area contributed by atoms with Gasteiger partial charge in [0.2, 0.25) is 5.91 Å². The molecular weight excluding hydrogens is 387 g/mol. The summed E-state index contributed by atoms with van der Waals surface area (Å²) < 4.78 is 12.9. The Balaban J connectivity index is 1.93. The van der Waals surface area contributed by atoms with Crippen molar-refractivity contribution in [2.75, 3.05) is 18.6 Å². The number of carbonyl (C=O) groups excluding carboxylic acids is 2. The Kier molecular flexibility index (Phi) is 8.61. The first-order valence-electron chi connectivity index (χ1n) is 8.57. The van der Waals surface area contributed by atoms with Gasteiger partial charge in [-0.3, -0.25) is 9.59 Å². The van der Waals surface area contributed by atoms with Crippen molar-refractivity contribution in [3.8, 4) is 0 Å². The van der Waals surface area contributed by atoms with Gasteiger partial charge in [-0.2, -0.15) is 11.8 Å². The van der Waals surface area contributed by atoms with Gasteiger partial charge in [0, 0.05) is 6.54 Å². The van der Waals surface area contributed by atoms with E-state index >= 15 is 0 Å². The molecule has 0 heterocycles. The SMILES string of the molecule is CSCCC(NC(=O)c1ccccc1Cl)C(=O)NCCc1ccc(F)cc1. The Bertz CT molecular complexity index is 771. The topological polar surface area (TPSA) is 58.2 Å². The molecule has 2 aromatic carbocycles. The molecular formula is C20H22ClFN2O2S. The van der Waals surface area contributed by atoms with Crippen LogP contribution in [0.2, 0.25) is 5.02 Å². The lowest BCUT2D eigenvalue weighted by atomic mass is 10.1. The zero-order chi connectivity index (χ0) is 19.6. The second kappa shape index (κ2) is 10.9. The van der Waals surface area contributed by atoms with Crippen molar-refractivity contribution in [1.29, 1.82) is 0 Å². The molecule has 144 valence electrons. The molecule has 0 bridgehead atoms. The van der Waals surface area contributed by atoms with Gasteiger partial charge in [0.05, 0.1) is 10.6 Å². The van der Waals surface area contributed by atoms with E-state index in [-0.39, 0.29) is 17.6 Å². The normalized spacial score (nSPS) is 11.7. The molecule has 0 aliphatic rings. The summed E-state index contributed by atoms with van der Waals surface area (Å²) in [7, 11) is 0. The van der Waals surface area contributed by atoms with Gasteiger partial charge in [-0.1, -0.05) is 35.9 Å². The van der Waals surface area contributed by atoms with Crippen LogP contribution >= 0.6 is 23.4 Å². The smallest absolute Gasteiger partial charge is 0.253 e. The first kappa shape index (κ1) is 21.3. The van der Waals surface area contributed by atoms with Crippen LogP contribution in [0.3, 0.4) is 0 Å². The average molecular weight is 409 g/mol. The molecule has 0 aliphatic carbocycles. The highest BCUT2D eigenvalue weighted by Crippen LogP contribution is 2.15. The van der Waals surface area contributed by atoms with Crippen molar-refractivity contribution in [3.05, 3.63) is 70.5 Å². The molecule has 0 radical (unpaired) electrons. The molecule has 0 aromatic heterocycles. The van der Waals surface area contributed by atoms with Crippen molar-refractivity contribution in [3.63, 3.8) is 0 Å². The molecule has 1 unspecified atom stereocenters. The number of thioether (sulfide) groups is 1. The fourth-order valence-electron chi connectivity index (χ4n) is 2.49. The Hall–Kier alpha value is -2.05. The van der Waals surface area contributed by atoms with E-state index in [2.05, 4.69) is 10.6 Å². The van der Waals surface area contributed by atoms with E-state index in [0.29, 0.717) is 30.0 Å². The number of hydrogen-bond acceptors (Lipinski definition) is 3. The minimum absolute atomic E-state index is 0.244. The van der Waals surface area contributed by atoms with E-state index in [1.807, 2.05) is 6.26 Å². The van der Waals surface area contributed by atoms with Crippen LogP contribution in [-0.2, 0) is 11.2 Å². The quantitative estimate of drug-likeness (QED) is 0.665. The van der Waals surface area contributed by atoms with Crippen molar-refractivity contribution in [1.82, 2.24) is 10.6 Å². The summed E-state index contributed by atoms with van der Waals surface area (Å²) >= 11 is 7.66. The maximum Gasteiger partial charge on any atom is 0.253 e. The minimum Gasteiger partial charge on any atom is -0.354 e. The molecule has 1 atom stereocenters. The van der Waals surface area contributed by atoms with E-state index in [9.17, 15) is 14.0 Å². The van der Waals surface area contributed by atoms with Gasteiger partial charge in [-0.05, 0) is 54.7 Å². The predicted octanol–water partition coefficient (Wildman–Crippen LogP) is 3.69. The Morgan fingerprint density at radius 2 is 1.85 bits per heavy atom. The second-order valence-electron chi connectivity index (χ2n) is 5.95. The van der Waals surface area contributed by atoms with Crippen molar-refractivity contribution in [2.24, 2.45) is 0 Å². The molecule has 0 spiro atoms. The zero-order valence-corrected chi connectivity index (χ0v) is 16.6. The Labute approximate surface area is 167 Å².